The van der Waals surface area contributed by atoms with Crippen molar-refractivity contribution in [3.05, 3.63) is 0 Å². The normalized spacial score (nSPS) is 12.9. The van der Waals surface area contributed by atoms with E-state index in [1.54, 1.807) is 6.92 Å². The van der Waals surface area contributed by atoms with Crippen molar-refractivity contribution in [2.75, 3.05) is 6.54 Å². The molecule has 0 bridgehead atoms. The predicted octanol–water partition coefficient (Wildman–Crippen LogP) is 1.88. The van der Waals surface area contributed by atoms with Gasteiger partial charge >= 0.3 is 18.2 Å². The van der Waals surface area contributed by atoms with E-state index in [4.69, 9.17) is 5.11 Å². The van der Waals surface area contributed by atoms with E-state index in [1.807, 2.05) is 0 Å². The van der Waals surface area contributed by atoms with Crippen LogP contribution in [0.25, 0.3) is 0 Å². The summed E-state index contributed by atoms with van der Waals surface area (Å²) in [6, 6.07) is -1.78. The van der Waals surface area contributed by atoms with Crippen LogP contribution in [0.3, 0.4) is 0 Å². The van der Waals surface area contributed by atoms with Crippen LogP contribution in [-0.4, -0.2) is 35.9 Å². The number of halogens is 3. The molecule has 0 rings (SSSR count). The lowest BCUT2D eigenvalue weighted by Crippen LogP contribution is -2.46. The third kappa shape index (κ3) is 8.66. The predicted molar refractivity (Wildman–Crippen MR) is 58.2 cm³/mol. The Morgan fingerprint density at radius 3 is 2.39 bits per heavy atom. The smallest absolute Gasteiger partial charge is 0.389 e. The lowest BCUT2D eigenvalue weighted by atomic mass is 10.2. The van der Waals surface area contributed by atoms with Crippen LogP contribution in [0.1, 0.15) is 32.6 Å². The van der Waals surface area contributed by atoms with Crippen LogP contribution in [0.5, 0.6) is 0 Å². The fourth-order valence-electron chi connectivity index (χ4n) is 1.25. The van der Waals surface area contributed by atoms with Crippen LogP contribution in [0.4, 0.5) is 18.0 Å². The van der Waals surface area contributed by atoms with Gasteiger partial charge in [0.15, 0.2) is 0 Å². The Morgan fingerprint density at radius 1 is 1.33 bits per heavy atom. The molecule has 0 aromatic carbocycles. The summed E-state index contributed by atoms with van der Waals surface area (Å²) in [6.45, 7) is 1.61. The van der Waals surface area contributed by atoms with Crippen LogP contribution < -0.4 is 10.6 Å². The minimum atomic E-state index is -4.25. The number of nitrogens with one attached hydrogen (secondary N) is 2. The molecule has 0 fully saturated rings. The Morgan fingerprint density at radius 2 is 1.94 bits per heavy atom. The average Bonchev–Trinajstić information content (AvgIpc) is 2.22. The van der Waals surface area contributed by atoms with Gasteiger partial charge in [0, 0.05) is 13.0 Å². The third-order valence-corrected chi connectivity index (χ3v) is 2.10. The van der Waals surface area contributed by atoms with Crippen molar-refractivity contribution in [3.63, 3.8) is 0 Å². The third-order valence-electron chi connectivity index (χ3n) is 2.10. The fourth-order valence-corrected chi connectivity index (χ4v) is 1.25. The number of carboxylic acids is 1. The Bertz CT molecular complexity index is 282. The molecule has 3 N–H and O–H groups in total. The van der Waals surface area contributed by atoms with Crippen LogP contribution in [0.2, 0.25) is 0 Å². The first-order chi connectivity index (χ1) is 8.26. The van der Waals surface area contributed by atoms with Gasteiger partial charge in [-0.1, -0.05) is 13.3 Å². The minimum Gasteiger partial charge on any atom is -0.480 e. The van der Waals surface area contributed by atoms with Crippen molar-refractivity contribution in [1.29, 1.82) is 0 Å². The first kappa shape index (κ1) is 16.5. The molecule has 0 aromatic heterocycles. The summed E-state index contributed by atoms with van der Waals surface area (Å²) >= 11 is 0. The maximum absolute atomic E-state index is 11.8. The summed E-state index contributed by atoms with van der Waals surface area (Å²) in [4.78, 5) is 21.9. The molecule has 8 heteroatoms. The minimum absolute atomic E-state index is 0.149. The molecule has 1 atom stereocenters. The van der Waals surface area contributed by atoms with E-state index in [2.05, 4.69) is 10.6 Å². The quantitative estimate of drug-likeness (QED) is 0.618. The molecule has 18 heavy (non-hydrogen) atoms. The van der Waals surface area contributed by atoms with Crippen LogP contribution >= 0.6 is 0 Å². The monoisotopic (exact) mass is 270 g/mol. The number of amides is 2. The van der Waals surface area contributed by atoms with Gasteiger partial charge in [0.25, 0.3) is 0 Å². The van der Waals surface area contributed by atoms with Gasteiger partial charge in [0.1, 0.15) is 6.04 Å². The highest BCUT2D eigenvalue weighted by molar-refractivity contribution is 5.82. The molecule has 2 amide bonds. The lowest BCUT2D eigenvalue weighted by Gasteiger charge is -2.14. The van der Waals surface area contributed by atoms with Gasteiger partial charge in [-0.05, 0) is 12.8 Å². The van der Waals surface area contributed by atoms with Gasteiger partial charge in [0.2, 0.25) is 0 Å². The summed E-state index contributed by atoms with van der Waals surface area (Å²) in [7, 11) is 0. The molecule has 0 aliphatic carbocycles. The zero-order valence-corrected chi connectivity index (χ0v) is 10.0. The zero-order chi connectivity index (χ0) is 14.2. The number of aliphatic carboxylic acids is 1. The number of urea groups is 1. The van der Waals surface area contributed by atoms with Crippen molar-refractivity contribution in [2.45, 2.75) is 44.8 Å². The maximum Gasteiger partial charge on any atom is 0.389 e. The molecule has 106 valence electrons. The standard InChI is InChI=1S/C10H17F3N2O3/c1-2-4-7(8(16)17)15-9(18)14-6-3-5-10(11,12)13/h7H,2-6H2,1H3,(H,16,17)(H2,14,15,18)/t7-/m0/s1. The van der Waals surface area contributed by atoms with Crippen molar-refractivity contribution in [1.82, 2.24) is 10.6 Å². The summed E-state index contributed by atoms with van der Waals surface area (Å²) in [5.74, 6) is -1.16. The van der Waals surface area contributed by atoms with E-state index >= 15 is 0 Å². The number of carboxylic acid groups (broad SMARTS) is 1. The Hall–Kier alpha value is -1.47. The van der Waals surface area contributed by atoms with E-state index in [9.17, 15) is 22.8 Å². The first-order valence-corrected chi connectivity index (χ1v) is 5.60. The van der Waals surface area contributed by atoms with Gasteiger partial charge in [-0.3, -0.25) is 0 Å². The second kappa shape index (κ2) is 7.78. The van der Waals surface area contributed by atoms with Gasteiger partial charge < -0.3 is 15.7 Å². The van der Waals surface area contributed by atoms with Crippen molar-refractivity contribution in [2.24, 2.45) is 0 Å². The molecule has 0 aliphatic rings. The summed E-state index contributed by atoms with van der Waals surface area (Å²) in [5.41, 5.74) is 0. The first-order valence-electron chi connectivity index (χ1n) is 5.60. The molecule has 0 heterocycles. The highest BCUT2D eigenvalue weighted by Gasteiger charge is 2.26. The van der Waals surface area contributed by atoms with Crippen molar-refractivity contribution >= 4 is 12.0 Å². The molecule has 0 saturated heterocycles. The maximum atomic E-state index is 11.8. The molecule has 0 saturated carbocycles. The van der Waals surface area contributed by atoms with Crippen LogP contribution in [-0.2, 0) is 4.79 Å². The van der Waals surface area contributed by atoms with Crippen molar-refractivity contribution < 1.29 is 27.9 Å². The molecule has 0 aliphatic heterocycles. The molecular formula is C10H17F3N2O3. The SMILES string of the molecule is CCC[C@H](NC(=O)NCCCC(F)(F)F)C(=O)O. The largest absolute Gasteiger partial charge is 0.480 e. The number of carbonyl (C=O) groups excluding carboxylic acids is 1. The van der Waals surface area contributed by atoms with E-state index in [-0.39, 0.29) is 19.4 Å². The molecular weight excluding hydrogens is 253 g/mol. The zero-order valence-electron chi connectivity index (χ0n) is 10.0. The molecule has 5 nitrogen and oxygen atoms in total. The topological polar surface area (TPSA) is 78.4 Å². The number of carbonyl (C=O) groups is 2. The highest BCUT2D eigenvalue weighted by atomic mass is 19.4. The van der Waals surface area contributed by atoms with Gasteiger partial charge in [0.05, 0.1) is 0 Å². The molecule has 0 unspecified atom stereocenters. The second-order valence-electron chi connectivity index (χ2n) is 3.80. The highest BCUT2D eigenvalue weighted by Crippen LogP contribution is 2.20. The molecule has 0 aromatic rings. The second-order valence-corrected chi connectivity index (χ2v) is 3.80. The van der Waals surface area contributed by atoms with Gasteiger partial charge in [-0.2, -0.15) is 13.2 Å². The Kier molecular flexibility index (Phi) is 7.14. The lowest BCUT2D eigenvalue weighted by molar-refractivity contribution is -0.139. The Labute approximate surface area is 103 Å². The summed E-state index contributed by atoms with van der Waals surface area (Å²) in [5, 5.41) is 13.1. The molecule has 0 spiro atoms. The van der Waals surface area contributed by atoms with E-state index in [0.29, 0.717) is 6.42 Å². The average molecular weight is 270 g/mol. The Balaban J connectivity index is 3.85. The van der Waals surface area contributed by atoms with E-state index in [0.717, 1.165) is 0 Å². The van der Waals surface area contributed by atoms with Crippen LogP contribution in [0, 0.1) is 0 Å². The van der Waals surface area contributed by atoms with Gasteiger partial charge in [-0.15, -0.1) is 0 Å². The summed E-state index contributed by atoms with van der Waals surface area (Å²) < 4.78 is 35.4. The fraction of sp³-hybridized carbons (Fsp3) is 0.800. The number of hydrogen-bond donors (Lipinski definition) is 3. The summed E-state index contributed by atoms with van der Waals surface area (Å²) in [6.07, 6.45) is -4.62. The van der Waals surface area contributed by atoms with Gasteiger partial charge in [-0.25, -0.2) is 9.59 Å². The number of hydrogen-bond acceptors (Lipinski definition) is 2. The van der Waals surface area contributed by atoms with Crippen molar-refractivity contribution in [3.8, 4) is 0 Å². The van der Waals surface area contributed by atoms with E-state index in [1.165, 1.54) is 0 Å². The number of alkyl halides is 3. The number of rotatable bonds is 7. The molecule has 0 radical (unpaired) electrons. The van der Waals surface area contributed by atoms with Crippen LogP contribution in [0.15, 0.2) is 0 Å². The van der Waals surface area contributed by atoms with E-state index < -0.39 is 30.6 Å².